The summed E-state index contributed by atoms with van der Waals surface area (Å²) < 4.78 is 16.0. The maximum absolute atomic E-state index is 14.4. The van der Waals surface area contributed by atoms with Crippen LogP contribution in [-0.2, 0) is 13.1 Å². The molecule has 0 spiro atoms. The zero-order chi connectivity index (χ0) is 21.5. The number of carbonyl (C=O) groups is 1. The van der Waals surface area contributed by atoms with Gasteiger partial charge in [-0.25, -0.2) is 9.37 Å². The second kappa shape index (κ2) is 11.4. The van der Waals surface area contributed by atoms with E-state index in [9.17, 15) is 9.18 Å². The molecule has 0 atom stereocenters. The van der Waals surface area contributed by atoms with Gasteiger partial charge in [-0.2, -0.15) is 0 Å². The van der Waals surface area contributed by atoms with Crippen LogP contribution in [0.25, 0.3) is 5.69 Å². The van der Waals surface area contributed by atoms with Crippen molar-refractivity contribution in [3.8, 4) is 5.69 Å². The third-order valence-corrected chi connectivity index (χ3v) is 4.55. The van der Waals surface area contributed by atoms with Crippen molar-refractivity contribution in [2.24, 2.45) is 4.99 Å². The van der Waals surface area contributed by atoms with E-state index in [0.29, 0.717) is 30.3 Å². The van der Waals surface area contributed by atoms with Gasteiger partial charge in [0.1, 0.15) is 5.82 Å². The minimum absolute atomic E-state index is 0. The van der Waals surface area contributed by atoms with Crippen LogP contribution in [0.5, 0.6) is 0 Å². The number of nitrogens with one attached hydrogen (secondary N) is 2. The molecule has 0 aliphatic carbocycles. The van der Waals surface area contributed by atoms with Gasteiger partial charge >= 0.3 is 0 Å². The van der Waals surface area contributed by atoms with Crippen LogP contribution in [0.4, 0.5) is 4.39 Å². The standard InChI is InChI=1S/C22H25FN6O.HI/c1-24-22(26-13-16-4-7-18(8-5-16)21(30)28(2)3)27-14-17-6-9-20(19(23)12-17)29-11-10-25-15-29;/h4-12,15H,13-14H2,1-3H3,(H2,24,26,27);1H. The van der Waals surface area contributed by atoms with Crippen molar-refractivity contribution in [1.82, 2.24) is 25.1 Å². The van der Waals surface area contributed by atoms with Crippen LogP contribution in [0.3, 0.4) is 0 Å². The number of hydrogen-bond acceptors (Lipinski definition) is 3. The summed E-state index contributed by atoms with van der Waals surface area (Å²) in [7, 11) is 5.13. The van der Waals surface area contributed by atoms with Crippen LogP contribution >= 0.6 is 24.0 Å². The zero-order valence-corrected chi connectivity index (χ0v) is 20.0. The van der Waals surface area contributed by atoms with Gasteiger partial charge in [-0.05, 0) is 35.4 Å². The van der Waals surface area contributed by atoms with Crippen molar-refractivity contribution < 1.29 is 9.18 Å². The molecule has 0 saturated heterocycles. The monoisotopic (exact) mass is 536 g/mol. The first kappa shape index (κ1) is 24.3. The highest BCUT2D eigenvalue weighted by molar-refractivity contribution is 14.0. The fourth-order valence-electron chi connectivity index (χ4n) is 2.89. The lowest BCUT2D eigenvalue weighted by molar-refractivity contribution is 0.0827. The Morgan fingerprint density at radius 3 is 2.29 bits per heavy atom. The molecule has 0 saturated carbocycles. The van der Waals surface area contributed by atoms with Crippen LogP contribution in [0.1, 0.15) is 21.5 Å². The summed E-state index contributed by atoms with van der Waals surface area (Å²) in [6.07, 6.45) is 4.87. The van der Waals surface area contributed by atoms with Gasteiger partial charge in [-0.1, -0.05) is 18.2 Å². The molecule has 1 aromatic heterocycles. The van der Waals surface area contributed by atoms with Crippen LogP contribution in [0.15, 0.2) is 66.2 Å². The molecule has 3 aromatic rings. The number of nitrogens with zero attached hydrogens (tertiary/aromatic N) is 4. The highest BCUT2D eigenvalue weighted by Gasteiger charge is 2.08. The van der Waals surface area contributed by atoms with E-state index in [-0.39, 0.29) is 35.7 Å². The minimum Gasteiger partial charge on any atom is -0.352 e. The number of aromatic nitrogens is 2. The molecule has 0 bridgehead atoms. The Balaban J connectivity index is 0.00000341. The molecule has 3 rings (SSSR count). The number of imidazole rings is 1. The molecule has 1 amide bonds. The first-order valence-corrected chi connectivity index (χ1v) is 9.50. The summed E-state index contributed by atoms with van der Waals surface area (Å²) >= 11 is 0. The molecular weight excluding hydrogens is 510 g/mol. The van der Waals surface area contributed by atoms with Crippen LogP contribution in [0, 0.1) is 5.82 Å². The number of carbonyl (C=O) groups excluding carboxylic acids is 1. The molecule has 164 valence electrons. The van der Waals surface area contributed by atoms with E-state index in [2.05, 4.69) is 20.6 Å². The molecular formula is C22H26FIN6O. The van der Waals surface area contributed by atoms with Crippen molar-refractivity contribution >= 4 is 35.8 Å². The fraction of sp³-hybridized carbons (Fsp3) is 0.227. The number of guanidine groups is 1. The Morgan fingerprint density at radius 2 is 1.74 bits per heavy atom. The van der Waals surface area contributed by atoms with Crippen molar-refractivity contribution in [1.29, 1.82) is 0 Å². The summed E-state index contributed by atoms with van der Waals surface area (Å²) in [4.78, 5) is 21.6. The summed E-state index contributed by atoms with van der Waals surface area (Å²) in [5, 5.41) is 6.39. The average molecular weight is 536 g/mol. The summed E-state index contributed by atoms with van der Waals surface area (Å²) in [6, 6.07) is 12.5. The first-order valence-electron chi connectivity index (χ1n) is 9.50. The smallest absolute Gasteiger partial charge is 0.253 e. The van der Waals surface area contributed by atoms with Gasteiger partial charge in [0.25, 0.3) is 5.91 Å². The normalized spacial score (nSPS) is 10.9. The molecule has 31 heavy (non-hydrogen) atoms. The van der Waals surface area contributed by atoms with Crippen LogP contribution < -0.4 is 10.6 Å². The third kappa shape index (κ3) is 6.51. The van der Waals surface area contributed by atoms with E-state index in [0.717, 1.165) is 11.1 Å². The zero-order valence-electron chi connectivity index (χ0n) is 17.7. The topological polar surface area (TPSA) is 74.6 Å². The summed E-state index contributed by atoms with van der Waals surface area (Å²) in [5.74, 6) is 0.253. The van der Waals surface area contributed by atoms with Crippen LogP contribution in [-0.4, -0.2) is 47.5 Å². The van der Waals surface area contributed by atoms with Crippen molar-refractivity contribution in [2.45, 2.75) is 13.1 Å². The number of benzene rings is 2. The number of halogens is 2. The molecule has 9 heteroatoms. The molecule has 2 aromatic carbocycles. The van der Waals surface area contributed by atoms with Crippen molar-refractivity contribution in [3.05, 3.63) is 83.7 Å². The van der Waals surface area contributed by atoms with Gasteiger partial charge in [0.05, 0.1) is 12.0 Å². The van der Waals surface area contributed by atoms with E-state index in [1.54, 1.807) is 67.5 Å². The Morgan fingerprint density at radius 1 is 1.10 bits per heavy atom. The maximum atomic E-state index is 14.4. The largest absolute Gasteiger partial charge is 0.352 e. The Kier molecular flexibility index (Phi) is 8.98. The lowest BCUT2D eigenvalue weighted by atomic mass is 10.1. The molecule has 2 N–H and O–H groups in total. The van der Waals surface area contributed by atoms with Gasteiger partial charge in [0.2, 0.25) is 0 Å². The van der Waals surface area contributed by atoms with E-state index in [1.165, 1.54) is 6.07 Å². The lowest BCUT2D eigenvalue weighted by Gasteiger charge is -2.14. The van der Waals surface area contributed by atoms with E-state index >= 15 is 0 Å². The van der Waals surface area contributed by atoms with Gasteiger partial charge in [-0.15, -0.1) is 24.0 Å². The lowest BCUT2D eigenvalue weighted by Crippen LogP contribution is -2.36. The number of amides is 1. The molecule has 1 heterocycles. The SMILES string of the molecule is CN=C(NCc1ccc(C(=O)N(C)C)cc1)NCc1ccc(-n2ccnc2)c(F)c1.I. The summed E-state index contributed by atoms with van der Waals surface area (Å²) in [6.45, 7) is 0.973. The fourth-order valence-corrected chi connectivity index (χ4v) is 2.89. The predicted molar refractivity (Wildman–Crippen MR) is 130 cm³/mol. The molecule has 0 aliphatic rings. The predicted octanol–water partition coefficient (Wildman–Crippen LogP) is 3.20. The Bertz CT molecular complexity index is 1020. The van der Waals surface area contributed by atoms with Gasteiger partial charge in [0.15, 0.2) is 5.96 Å². The quantitative estimate of drug-likeness (QED) is 0.289. The Labute approximate surface area is 198 Å². The number of aliphatic imine (C=N–C) groups is 1. The van der Waals surface area contributed by atoms with Gasteiger partial charge < -0.3 is 20.1 Å². The van der Waals surface area contributed by atoms with E-state index in [4.69, 9.17) is 0 Å². The van der Waals surface area contributed by atoms with Gasteiger partial charge in [0, 0.05) is 52.2 Å². The molecule has 0 unspecified atom stereocenters. The second-order valence-electron chi connectivity index (χ2n) is 6.93. The third-order valence-electron chi connectivity index (χ3n) is 4.55. The average Bonchev–Trinajstić information content (AvgIpc) is 3.28. The van der Waals surface area contributed by atoms with Crippen LogP contribution in [0.2, 0.25) is 0 Å². The highest BCUT2D eigenvalue weighted by atomic mass is 127. The minimum atomic E-state index is -0.317. The van der Waals surface area contributed by atoms with Crippen molar-refractivity contribution in [2.75, 3.05) is 21.1 Å². The van der Waals surface area contributed by atoms with E-state index < -0.39 is 0 Å². The molecule has 0 aliphatic heterocycles. The summed E-state index contributed by atoms with van der Waals surface area (Å²) in [5.41, 5.74) is 2.91. The molecule has 0 fully saturated rings. The first-order chi connectivity index (χ1) is 14.5. The highest BCUT2D eigenvalue weighted by Crippen LogP contribution is 2.15. The Hall–Kier alpha value is -2.95. The maximum Gasteiger partial charge on any atom is 0.253 e. The van der Waals surface area contributed by atoms with Crippen molar-refractivity contribution in [3.63, 3.8) is 0 Å². The molecule has 7 nitrogen and oxygen atoms in total. The van der Waals surface area contributed by atoms with Gasteiger partial charge in [-0.3, -0.25) is 9.79 Å². The van der Waals surface area contributed by atoms with E-state index in [1.807, 2.05) is 18.2 Å². The number of hydrogen-bond donors (Lipinski definition) is 2. The second-order valence-corrected chi connectivity index (χ2v) is 6.93. The molecule has 0 radical (unpaired) electrons. The number of rotatable bonds is 6.